The summed E-state index contributed by atoms with van der Waals surface area (Å²) in [6, 6.07) is 16.9. The van der Waals surface area contributed by atoms with Crippen LogP contribution in [0.2, 0.25) is 0 Å². The van der Waals surface area contributed by atoms with E-state index in [0.717, 1.165) is 40.6 Å². The Morgan fingerprint density at radius 3 is 2.19 bits per heavy atom. The van der Waals surface area contributed by atoms with Gasteiger partial charge in [-0.15, -0.1) is 13.2 Å². The third-order valence-electron chi connectivity index (χ3n) is 3.97. The van der Waals surface area contributed by atoms with Crippen molar-refractivity contribution in [1.29, 1.82) is 0 Å². The molecule has 4 nitrogen and oxygen atoms in total. The second-order valence-corrected chi connectivity index (χ2v) is 7.68. The van der Waals surface area contributed by atoms with Crippen LogP contribution in [0.1, 0.15) is 18.5 Å². The number of ether oxygens (including phenoxy) is 1. The molecule has 3 aromatic carbocycles. The third-order valence-corrected chi connectivity index (χ3v) is 5.53. The Labute approximate surface area is 154 Å². The summed E-state index contributed by atoms with van der Waals surface area (Å²) >= 11 is 0. The fourth-order valence-electron chi connectivity index (χ4n) is 2.67. The van der Waals surface area contributed by atoms with Gasteiger partial charge in [0, 0.05) is 6.04 Å². The normalized spacial score (nSPS) is 13.5. The Bertz CT molecular complexity index is 1050. The number of halogens is 3. The molecule has 0 aromatic heterocycles. The molecule has 0 aliphatic rings. The first-order valence-electron chi connectivity index (χ1n) is 8.01. The minimum Gasteiger partial charge on any atom is -0.406 e. The molecule has 1 atom stereocenters. The molecule has 0 saturated carbocycles. The Morgan fingerprint density at radius 1 is 0.926 bits per heavy atom. The number of sulfonamides is 1. The standard InChI is InChI=1S/C19H16F3NO3S/c1-13(15-7-6-14-4-2-3-5-16(14)12-15)23-27(24,25)18-10-8-17(9-11-18)26-19(20,21)22/h2-13,23H,1H3. The van der Waals surface area contributed by atoms with Crippen LogP contribution in [0.5, 0.6) is 5.75 Å². The van der Waals surface area contributed by atoms with E-state index in [0.29, 0.717) is 0 Å². The topological polar surface area (TPSA) is 55.4 Å². The van der Waals surface area contributed by atoms with E-state index in [1.807, 2.05) is 42.5 Å². The highest BCUT2D eigenvalue weighted by atomic mass is 32.2. The Balaban J connectivity index is 1.78. The summed E-state index contributed by atoms with van der Waals surface area (Å²) in [6.45, 7) is 1.70. The van der Waals surface area contributed by atoms with Crippen molar-refractivity contribution in [3.05, 3.63) is 72.3 Å². The molecule has 0 radical (unpaired) electrons. The van der Waals surface area contributed by atoms with E-state index in [-0.39, 0.29) is 4.90 Å². The van der Waals surface area contributed by atoms with Crippen molar-refractivity contribution in [2.45, 2.75) is 24.2 Å². The highest BCUT2D eigenvalue weighted by Gasteiger charge is 2.31. The lowest BCUT2D eigenvalue weighted by Gasteiger charge is -2.16. The summed E-state index contributed by atoms with van der Waals surface area (Å²) in [7, 11) is -3.91. The van der Waals surface area contributed by atoms with E-state index in [1.54, 1.807) is 6.92 Å². The quantitative estimate of drug-likeness (QED) is 0.677. The second kappa shape index (κ2) is 7.21. The van der Waals surface area contributed by atoms with E-state index in [9.17, 15) is 21.6 Å². The van der Waals surface area contributed by atoms with Crippen molar-refractivity contribution in [1.82, 2.24) is 4.72 Å². The van der Waals surface area contributed by atoms with Gasteiger partial charge < -0.3 is 4.74 Å². The molecule has 3 rings (SSSR count). The SMILES string of the molecule is CC(NS(=O)(=O)c1ccc(OC(F)(F)F)cc1)c1ccc2ccccc2c1. The molecule has 0 aliphatic heterocycles. The van der Waals surface area contributed by atoms with Gasteiger partial charge in [-0.1, -0.05) is 36.4 Å². The van der Waals surface area contributed by atoms with Crippen LogP contribution in [0.25, 0.3) is 10.8 Å². The molecular weight excluding hydrogens is 379 g/mol. The van der Waals surface area contributed by atoms with E-state index in [2.05, 4.69) is 9.46 Å². The maximum absolute atomic E-state index is 12.5. The van der Waals surface area contributed by atoms with Crippen molar-refractivity contribution < 1.29 is 26.3 Å². The maximum atomic E-state index is 12.5. The van der Waals surface area contributed by atoms with E-state index < -0.39 is 28.2 Å². The predicted octanol–water partition coefficient (Wildman–Crippen LogP) is 4.78. The van der Waals surface area contributed by atoms with Gasteiger partial charge in [-0.25, -0.2) is 13.1 Å². The largest absolute Gasteiger partial charge is 0.573 e. The fraction of sp³-hybridized carbons (Fsp3) is 0.158. The fourth-order valence-corrected chi connectivity index (χ4v) is 3.90. The highest BCUT2D eigenvalue weighted by molar-refractivity contribution is 7.89. The van der Waals surface area contributed by atoms with Gasteiger partial charge in [0.05, 0.1) is 4.90 Å². The molecular formula is C19H16F3NO3S. The van der Waals surface area contributed by atoms with Crippen LogP contribution in [-0.2, 0) is 10.0 Å². The molecule has 0 aliphatic carbocycles. The summed E-state index contributed by atoms with van der Waals surface area (Å²) in [5.74, 6) is -0.482. The number of alkyl halides is 3. The monoisotopic (exact) mass is 395 g/mol. The number of fused-ring (bicyclic) bond motifs is 1. The van der Waals surface area contributed by atoms with Crippen LogP contribution in [0.3, 0.4) is 0 Å². The van der Waals surface area contributed by atoms with Gasteiger partial charge in [-0.05, 0) is 53.6 Å². The van der Waals surface area contributed by atoms with Gasteiger partial charge in [-0.3, -0.25) is 0 Å². The van der Waals surface area contributed by atoms with Crippen LogP contribution in [0.15, 0.2) is 71.6 Å². The molecule has 0 fully saturated rings. The smallest absolute Gasteiger partial charge is 0.406 e. The molecule has 0 heterocycles. The van der Waals surface area contributed by atoms with Crippen LogP contribution in [0, 0.1) is 0 Å². The minimum atomic E-state index is -4.83. The Morgan fingerprint density at radius 2 is 1.56 bits per heavy atom. The van der Waals surface area contributed by atoms with Crippen LogP contribution in [0.4, 0.5) is 13.2 Å². The first kappa shape index (κ1) is 19.2. The maximum Gasteiger partial charge on any atom is 0.573 e. The zero-order valence-corrected chi connectivity index (χ0v) is 15.0. The van der Waals surface area contributed by atoms with E-state index >= 15 is 0 Å². The molecule has 1 unspecified atom stereocenters. The van der Waals surface area contributed by atoms with E-state index in [1.165, 1.54) is 0 Å². The van der Waals surface area contributed by atoms with Crippen molar-refractivity contribution in [3.8, 4) is 5.75 Å². The Kier molecular flexibility index (Phi) is 5.12. The third kappa shape index (κ3) is 4.78. The molecule has 142 valence electrons. The Hall–Kier alpha value is -2.58. The van der Waals surface area contributed by atoms with Crippen molar-refractivity contribution >= 4 is 20.8 Å². The number of hydrogen-bond donors (Lipinski definition) is 1. The predicted molar refractivity (Wildman–Crippen MR) is 95.8 cm³/mol. The zero-order chi connectivity index (χ0) is 19.7. The lowest BCUT2D eigenvalue weighted by atomic mass is 10.0. The first-order chi connectivity index (χ1) is 12.6. The van der Waals surface area contributed by atoms with E-state index in [4.69, 9.17) is 0 Å². The van der Waals surface area contributed by atoms with Crippen molar-refractivity contribution in [2.24, 2.45) is 0 Å². The van der Waals surface area contributed by atoms with Gasteiger partial charge in [0.15, 0.2) is 0 Å². The summed E-state index contributed by atoms with van der Waals surface area (Å²) in [4.78, 5) is -0.148. The van der Waals surface area contributed by atoms with Crippen LogP contribution < -0.4 is 9.46 Å². The zero-order valence-electron chi connectivity index (χ0n) is 14.2. The lowest BCUT2D eigenvalue weighted by molar-refractivity contribution is -0.274. The summed E-state index contributed by atoms with van der Waals surface area (Å²) in [5, 5.41) is 2.02. The summed E-state index contributed by atoms with van der Waals surface area (Å²) in [6.07, 6.45) is -4.83. The van der Waals surface area contributed by atoms with Gasteiger partial charge in [0.2, 0.25) is 10.0 Å². The molecule has 0 saturated heterocycles. The molecule has 8 heteroatoms. The molecule has 0 bridgehead atoms. The molecule has 27 heavy (non-hydrogen) atoms. The minimum absolute atomic E-state index is 0.148. The van der Waals surface area contributed by atoms with Gasteiger partial charge in [0.1, 0.15) is 5.75 Å². The average molecular weight is 395 g/mol. The first-order valence-corrected chi connectivity index (χ1v) is 9.49. The van der Waals surface area contributed by atoms with Crippen molar-refractivity contribution in [2.75, 3.05) is 0 Å². The number of hydrogen-bond acceptors (Lipinski definition) is 3. The van der Waals surface area contributed by atoms with Crippen LogP contribution >= 0.6 is 0 Å². The summed E-state index contributed by atoms with van der Waals surface area (Å²) in [5.41, 5.74) is 0.772. The van der Waals surface area contributed by atoms with Crippen LogP contribution in [-0.4, -0.2) is 14.8 Å². The number of benzene rings is 3. The molecule has 0 spiro atoms. The van der Waals surface area contributed by atoms with Gasteiger partial charge in [0.25, 0.3) is 0 Å². The van der Waals surface area contributed by atoms with Gasteiger partial charge in [-0.2, -0.15) is 0 Å². The second-order valence-electron chi connectivity index (χ2n) is 5.97. The molecule has 0 amide bonds. The number of nitrogens with one attached hydrogen (secondary N) is 1. The average Bonchev–Trinajstić information content (AvgIpc) is 2.60. The van der Waals surface area contributed by atoms with Crippen molar-refractivity contribution in [3.63, 3.8) is 0 Å². The van der Waals surface area contributed by atoms with Gasteiger partial charge >= 0.3 is 6.36 Å². The lowest BCUT2D eigenvalue weighted by Crippen LogP contribution is -2.27. The molecule has 3 aromatic rings. The highest BCUT2D eigenvalue weighted by Crippen LogP contribution is 2.25. The summed E-state index contributed by atoms with van der Waals surface area (Å²) < 4.78 is 67.9. The molecule has 1 N–H and O–H groups in total. The number of rotatable bonds is 5.